The number of halogens is 6. The van der Waals surface area contributed by atoms with E-state index in [-0.39, 0.29) is 32.2 Å². The smallest absolute Gasteiger partial charge is 0.379 e. The second-order valence-corrected chi connectivity index (χ2v) is 9.66. The summed E-state index contributed by atoms with van der Waals surface area (Å²) in [7, 11) is 0. The fourth-order valence-electron chi connectivity index (χ4n) is 4.82. The summed E-state index contributed by atoms with van der Waals surface area (Å²) in [5.74, 6) is -4.24. The Morgan fingerprint density at radius 2 is 1.83 bits per heavy atom. The van der Waals surface area contributed by atoms with Crippen LogP contribution in [0.2, 0.25) is 0 Å². The second-order valence-electron chi connectivity index (χ2n) is 9.66. The molecule has 0 aliphatic carbocycles. The van der Waals surface area contributed by atoms with E-state index in [1.165, 1.54) is 17.0 Å². The van der Waals surface area contributed by atoms with Crippen molar-refractivity contribution in [3.63, 3.8) is 0 Å². The zero-order chi connectivity index (χ0) is 30.7. The van der Waals surface area contributed by atoms with Crippen molar-refractivity contribution in [3.8, 4) is 0 Å². The van der Waals surface area contributed by atoms with Crippen LogP contribution in [0.5, 0.6) is 0 Å². The van der Waals surface area contributed by atoms with Gasteiger partial charge in [-0.25, -0.2) is 4.98 Å². The Labute approximate surface area is 234 Å². The number of carbonyl (C=O) groups is 2. The maximum absolute atomic E-state index is 14.5. The fourth-order valence-corrected chi connectivity index (χ4v) is 4.82. The van der Waals surface area contributed by atoms with Crippen molar-refractivity contribution < 1.29 is 50.3 Å². The van der Waals surface area contributed by atoms with Crippen LogP contribution >= 0.6 is 0 Å². The number of hydrazine groups is 1. The highest BCUT2D eigenvalue weighted by Crippen LogP contribution is 2.41. The minimum atomic E-state index is -5.31. The van der Waals surface area contributed by atoms with Gasteiger partial charge in [0.2, 0.25) is 11.3 Å². The summed E-state index contributed by atoms with van der Waals surface area (Å²) in [5, 5.41) is 11.6. The number of rotatable bonds is 4. The summed E-state index contributed by atoms with van der Waals surface area (Å²) in [6.07, 6.45) is -11.0. The van der Waals surface area contributed by atoms with Gasteiger partial charge in [-0.15, -0.1) is 0 Å². The van der Waals surface area contributed by atoms with Crippen molar-refractivity contribution in [2.24, 2.45) is 0 Å². The van der Waals surface area contributed by atoms with Gasteiger partial charge in [0.05, 0.1) is 24.2 Å². The van der Waals surface area contributed by atoms with Crippen molar-refractivity contribution in [3.05, 3.63) is 63.3 Å². The molecule has 2 amide bonds. The Morgan fingerprint density at radius 3 is 2.48 bits per heavy atom. The number of hydrogen-bond acceptors (Lipinski definition) is 8. The average molecular weight is 605 g/mol. The van der Waals surface area contributed by atoms with Crippen molar-refractivity contribution in [1.29, 1.82) is 0 Å². The van der Waals surface area contributed by atoms with E-state index in [1.807, 2.05) is 0 Å². The molecule has 4 rings (SSSR count). The Hall–Kier alpha value is -3.99. The minimum Gasteiger partial charge on any atom is -0.379 e. The molecule has 1 fully saturated rings. The van der Waals surface area contributed by atoms with E-state index in [2.05, 4.69) is 4.98 Å². The average Bonchev–Trinajstić information content (AvgIpc) is 3.39. The Morgan fingerprint density at radius 1 is 1.12 bits per heavy atom. The predicted molar refractivity (Wildman–Crippen MR) is 132 cm³/mol. The van der Waals surface area contributed by atoms with Crippen LogP contribution in [-0.4, -0.2) is 59.3 Å². The summed E-state index contributed by atoms with van der Waals surface area (Å²) >= 11 is 0. The zero-order valence-electron chi connectivity index (χ0n) is 21.8. The van der Waals surface area contributed by atoms with Crippen LogP contribution in [0.1, 0.15) is 47.3 Å². The molecule has 1 unspecified atom stereocenters. The maximum Gasteiger partial charge on any atom is 0.426 e. The first-order valence-electron chi connectivity index (χ1n) is 12.7. The molecule has 2 bridgehead atoms. The maximum atomic E-state index is 14.5. The van der Waals surface area contributed by atoms with Gasteiger partial charge < -0.3 is 14.4 Å². The largest absolute Gasteiger partial charge is 0.426 e. The number of nitrogens with zero attached hydrogens (tertiary/aromatic N) is 3. The van der Waals surface area contributed by atoms with Gasteiger partial charge in [0.15, 0.2) is 0 Å². The van der Waals surface area contributed by atoms with E-state index < -0.39 is 76.5 Å². The molecule has 0 spiro atoms. The van der Waals surface area contributed by atoms with Gasteiger partial charge in [-0.05, 0) is 31.2 Å². The standard InChI is InChI=1S/C25H25F6N5O6/c26-24(27,28)17-12-18(36(39)40)19-21(37)33-34-22(38)23(25(29,30)31,42-13-15-6-2-1-3-7-15)9-5-11-41-14-16-8-4-10-35(16)20(17)32-19/h1-3,6-7,12,16H,4-5,8-11,13-14H2,(H,33,37)(H,34,38)/t16-,23?/m0/s1. The molecular weight excluding hydrogens is 580 g/mol. The third kappa shape index (κ3) is 6.41. The van der Waals surface area contributed by atoms with E-state index in [4.69, 9.17) is 9.47 Å². The van der Waals surface area contributed by atoms with E-state index in [0.717, 1.165) is 0 Å². The van der Waals surface area contributed by atoms with Gasteiger partial charge in [-0.2, -0.15) is 26.3 Å². The molecule has 228 valence electrons. The number of ether oxygens (including phenoxy) is 2. The molecule has 1 aromatic carbocycles. The molecule has 17 heteroatoms. The summed E-state index contributed by atoms with van der Waals surface area (Å²) < 4.78 is 96.1. The van der Waals surface area contributed by atoms with Crippen molar-refractivity contribution in [2.45, 2.75) is 56.3 Å². The molecule has 0 radical (unpaired) electrons. The molecule has 2 aliphatic heterocycles. The Balaban J connectivity index is 1.76. The summed E-state index contributed by atoms with van der Waals surface area (Å²) in [6, 6.07) is 7.08. The molecule has 2 N–H and O–H groups in total. The lowest BCUT2D eigenvalue weighted by atomic mass is 9.95. The SMILES string of the molecule is O=C1NNC(=O)C(OCc2ccccc2)(C(F)(F)F)CCCOC[C@@H]2CCCN2c2nc1c([N+](=O)[O-])cc2C(F)(F)F. The summed E-state index contributed by atoms with van der Waals surface area (Å²) in [4.78, 5) is 41.2. The van der Waals surface area contributed by atoms with E-state index in [1.54, 1.807) is 29.1 Å². The van der Waals surface area contributed by atoms with Gasteiger partial charge in [0.25, 0.3) is 11.8 Å². The number of benzene rings is 1. The van der Waals surface area contributed by atoms with Crippen LogP contribution in [0.15, 0.2) is 36.4 Å². The van der Waals surface area contributed by atoms with Crippen molar-refractivity contribution in [1.82, 2.24) is 15.8 Å². The number of nitro groups is 1. The number of alkyl halides is 6. The molecule has 3 heterocycles. The molecule has 2 atom stereocenters. The number of anilines is 1. The number of amides is 2. The molecule has 11 nitrogen and oxygen atoms in total. The molecule has 1 aromatic heterocycles. The van der Waals surface area contributed by atoms with Gasteiger partial charge in [-0.3, -0.25) is 30.6 Å². The van der Waals surface area contributed by atoms with Crippen molar-refractivity contribution >= 4 is 23.3 Å². The van der Waals surface area contributed by atoms with E-state index in [9.17, 15) is 46.0 Å². The van der Waals surface area contributed by atoms with Crippen LogP contribution in [0, 0.1) is 10.1 Å². The number of carbonyl (C=O) groups excluding carboxylic acids is 2. The first-order valence-corrected chi connectivity index (χ1v) is 12.7. The lowest BCUT2D eigenvalue weighted by molar-refractivity contribution is -0.385. The Kier molecular flexibility index (Phi) is 8.91. The first-order chi connectivity index (χ1) is 19.7. The Bertz CT molecular complexity index is 1330. The molecule has 2 aromatic rings. The van der Waals surface area contributed by atoms with Crippen LogP contribution in [0.3, 0.4) is 0 Å². The quantitative estimate of drug-likeness (QED) is 0.303. The normalized spacial score (nSPS) is 22.4. The van der Waals surface area contributed by atoms with Gasteiger partial charge >= 0.3 is 18.0 Å². The van der Waals surface area contributed by atoms with E-state index >= 15 is 0 Å². The number of fused-ring (bicyclic) bond motifs is 4. The predicted octanol–water partition coefficient (Wildman–Crippen LogP) is 4.07. The molecular formula is C25H25F6N5O6. The van der Waals surface area contributed by atoms with Crippen LogP contribution < -0.4 is 15.8 Å². The van der Waals surface area contributed by atoms with Crippen LogP contribution in [0.25, 0.3) is 0 Å². The van der Waals surface area contributed by atoms with Gasteiger partial charge in [0, 0.05) is 19.2 Å². The highest BCUT2D eigenvalue weighted by Gasteiger charge is 2.61. The lowest BCUT2D eigenvalue weighted by Crippen LogP contribution is -2.61. The molecule has 0 saturated carbocycles. The molecule has 42 heavy (non-hydrogen) atoms. The lowest BCUT2D eigenvalue weighted by Gasteiger charge is -2.34. The van der Waals surface area contributed by atoms with Gasteiger partial charge in [0.1, 0.15) is 11.4 Å². The van der Waals surface area contributed by atoms with Gasteiger partial charge in [-0.1, -0.05) is 30.3 Å². The second kappa shape index (κ2) is 12.1. The third-order valence-electron chi connectivity index (χ3n) is 6.92. The molecule has 2 aliphatic rings. The highest BCUT2D eigenvalue weighted by molar-refractivity contribution is 5.98. The monoisotopic (exact) mass is 605 g/mol. The topological polar surface area (TPSA) is 136 Å². The molecule has 1 saturated heterocycles. The van der Waals surface area contributed by atoms with Crippen molar-refractivity contribution in [2.75, 3.05) is 24.7 Å². The van der Waals surface area contributed by atoms with Crippen LogP contribution in [-0.2, 0) is 27.1 Å². The van der Waals surface area contributed by atoms with Crippen LogP contribution in [0.4, 0.5) is 37.8 Å². The first kappa shape index (κ1) is 31.0. The number of aromatic nitrogens is 1. The highest BCUT2D eigenvalue weighted by atomic mass is 19.4. The number of nitrogens with one attached hydrogen (secondary N) is 2. The third-order valence-corrected chi connectivity index (χ3v) is 6.92. The number of hydrogen-bond donors (Lipinski definition) is 2. The minimum absolute atomic E-state index is 0.0459. The summed E-state index contributed by atoms with van der Waals surface area (Å²) in [6.45, 7) is -1.12. The van der Waals surface area contributed by atoms with E-state index in [0.29, 0.717) is 18.4 Å². The zero-order valence-corrected chi connectivity index (χ0v) is 21.8. The number of pyridine rings is 1. The fraction of sp³-hybridized carbons (Fsp3) is 0.480. The summed E-state index contributed by atoms with van der Waals surface area (Å²) in [5.41, 5.74) is -3.96.